The molecule has 6 heteroatoms. The van der Waals surface area contributed by atoms with Gasteiger partial charge in [-0.15, -0.1) is 12.4 Å². The molecule has 0 radical (unpaired) electrons. The van der Waals surface area contributed by atoms with Crippen molar-refractivity contribution in [2.75, 3.05) is 11.9 Å². The van der Waals surface area contributed by atoms with E-state index in [-0.39, 0.29) is 36.7 Å². The summed E-state index contributed by atoms with van der Waals surface area (Å²) in [7, 11) is 0. The van der Waals surface area contributed by atoms with E-state index in [2.05, 4.69) is 10.6 Å². The van der Waals surface area contributed by atoms with Crippen molar-refractivity contribution in [2.45, 2.75) is 25.8 Å². The maximum atomic E-state index is 11.8. The highest BCUT2D eigenvalue weighted by molar-refractivity contribution is 5.93. The van der Waals surface area contributed by atoms with Gasteiger partial charge in [0.05, 0.1) is 6.54 Å². The number of carbonyl (C=O) groups excluding carboxylic acids is 2. The Labute approximate surface area is 124 Å². The molecule has 20 heavy (non-hydrogen) atoms. The first-order valence-electron chi connectivity index (χ1n) is 6.55. The van der Waals surface area contributed by atoms with E-state index in [1.54, 1.807) is 0 Å². The lowest BCUT2D eigenvalue weighted by Crippen LogP contribution is -2.30. The van der Waals surface area contributed by atoms with Crippen LogP contribution in [0.15, 0.2) is 24.3 Å². The van der Waals surface area contributed by atoms with Crippen molar-refractivity contribution in [3.63, 3.8) is 0 Å². The summed E-state index contributed by atoms with van der Waals surface area (Å²) in [6.07, 6.45) is 3.11. The summed E-state index contributed by atoms with van der Waals surface area (Å²) in [6, 6.07) is 7.48. The van der Waals surface area contributed by atoms with E-state index in [1.165, 1.54) is 0 Å². The van der Waals surface area contributed by atoms with Gasteiger partial charge in [0.25, 0.3) is 0 Å². The molecule has 0 bridgehead atoms. The number of benzene rings is 1. The number of carbonyl (C=O) groups is 2. The van der Waals surface area contributed by atoms with Crippen LogP contribution < -0.4 is 16.4 Å². The molecule has 0 unspecified atom stereocenters. The molecule has 1 aromatic carbocycles. The van der Waals surface area contributed by atoms with Crippen LogP contribution in [-0.2, 0) is 16.1 Å². The minimum absolute atomic E-state index is 0. The third-order valence-electron chi connectivity index (χ3n) is 3.35. The Hall–Kier alpha value is -1.59. The molecule has 1 aromatic rings. The lowest BCUT2D eigenvalue weighted by molar-refractivity contribution is -0.122. The molecule has 0 aromatic heterocycles. The average molecular weight is 298 g/mol. The van der Waals surface area contributed by atoms with Crippen molar-refractivity contribution in [2.24, 2.45) is 11.7 Å². The molecule has 0 atom stereocenters. The Balaban J connectivity index is 0.00000200. The molecule has 1 fully saturated rings. The van der Waals surface area contributed by atoms with E-state index in [0.29, 0.717) is 6.54 Å². The molecule has 5 nitrogen and oxygen atoms in total. The molecule has 2 rings (SSSR count). The highest BCUT2D eigenvalue weighted by atomic mass is 35.5. The molecule has 0 heterocycles. The predicted molar refractivity (Wildman–Crippen MR) is 80.6 cm³/mol. The van der Waals surface area contributed by atoms with Crippen LogP contribution in [0.1, 0.15) is 24.8 Å². The van der Waals surface area contributed by atoms with Crippen LogP contribution in [0.4, 0.5) is 5.69 Å². The van der Waals surface area contributed by atoms with Gasteiger partial charge >= 0.3 is 0 Å². The van der Waals surface area contributed by atoms with Crippen molar-refractivity contribution in [1.82, 2.24) is 5.32 Å². The molecule has 4 N–H and O–H groups in total. The number of hydrogen-bond donors (Lipinski definition) is 3. The van der Waals surface area contributed by atoms with Gasteiger partial charge in [-0.2, -0.15) is 0 Å². The first-order valence-corrected chi connectivity index (χ1v) is 6.55. The van der Waals surface area contributed by atoms with Crippen molar-refractivity contribution in [3.05, 3.63) is 29.8 Å². The Morgan fingerprint density at radius 3 is 2.65 bits per heavy atom. The van der Waals surface area contributed by atoms with Gasteiger partial charge in [-0.05, 0) is 30.5 Å². The van der Waals surface area contributed by atoms with E-state index in [4.69, 9.17) is 5.73 Å². The summed E-state index contributed by atoms with van der Waals surface area (Å²) in [5.41, 5.74) is 6.93. The smallest absolute Gasteiger partial charge is 0.234 e. The number of anilines is 1. The molecule has 1 aliphatic rings. The van der Waals surface area contributed by atoms with Crippen LogP contribution in [-0.4, -0.2) is 18.4 Å². The molecule has 0 aliphatic heterocycles. The van der Waals surface area contributed by atoms with Crippen LogP contribution in [0.5, 0.6) is 0 Å². The SMILES string of the molecule is Cl.NCC(=O)NCc1cccc(NC(=O)C2CCC2)c1. The van der Waals surface area contributed by atoms with Crippen LogP contribution >= 0.6 is 12.4 Å². The third-order valence-corrected chi connectivity index (χ3v) is 3.35. The maximum absolute atomic E-state index is 11.8. The van der Waals surface area contributed by atoms with Crippen molar-refractivity contribution >= 4 is 29.9 Å². The summed E-state index contributed by atoms with van der Waals surface area (Å²) in [5, 5.41) is 5.61. The van der Waals surface area contributed by atoms with E-state index < -0.39 is 0 Å². The Morgan fingerprint density at radius 2 is 2.05 bits per heavy atom. The molecule has 1 aliphatic carbocycles. The van der Waals surface area contributed by atoms with Crippen molar-refractivity contribution < 1.29 is 9.59 Å². The number of nitrogens with one attached hydrogen (secondary N) is 2. The second kappa shape index (κ2) is 7.87. The quantitative estimate of drug-likeness (QED) is 0.768. The molecule has 110 valence electrons. The van der Waals surface area contributed by atoms with Crippen LogP contribution in [0.25, 0.3) is 0 Å². The summed E-state index contributed by atoms with van der Waals surface area (Å²) in [6.45, 7) is 0.404. The largest absolute Gasteiger partial charge is 0.351 e. The van der Waals surface area contributed by atoms with Gasteiger partial charge in [-0.1, -0.05) is 18.6 Å². The predicted octanol–water partition coefficient (Wildman–Crippen LogP) is 1.42. The number of rotatable bonds is 5. The highest BCUT2D eigenvalue weighted by Crippen LogP contribution is 2.27. The molecule has 0 saturated heterocycles. The maximum Gasteiger partial charge on any atom is 0.234 e. The van der Waals surface area contributed by atoms with Crippen molar-refractivity contribution in [1.29, 1.82) is 0 Å². The van der Waals surface area contributed by atoms with Gasteiger partial charge in [0, 0.05) is 18.2 Å². The van der Waals surface area contributed by atoms with Crippen LogP contribution in [0.2, 0.25) is 0 Å². The average Bonchev–Trinajstić information content (AvgIpc) is 2.34. The first kappa shape index (κ1) is 16.5. The van der Waals surface area contributed by atoms with E-state index in [9.17, 15) is 9.59 Å². The zero-order valence-corrected chi connectivity index (χ0v) is 12.0. The van der Waals surface area contributed by atoms with E-state index >= 15 is 0 Å². The normalized spacial score (nSPS) is 13.8. The minimum Gasteiger partial charge on any atom is -0.351 e. The molecule has 0 spiro atoms. The van der Waals surface area contributed by atoms with Crippen LogP contribution in [0, 0.1) is 5.92 Å². The summed E-state index contributed by atoms with van der Waals surface area (Å²) < 4.78 is 0. The number of amides is 2. The zero-order valence-electron chi connectivity index (χ0n) is 11.2. The zero-order chi connectivity index (χ0) is 13.7. The molecule has 2 amide bonds. The van der Waals surface area contributed by atoms with Gasteiger partial charge in [0.2, 0.25) is 11.8 Å². The summed E-state index contributed by atoms with van der Waals surface area (Å²) >= 11 is 0. The van der Waals surface area contributed by atoms with Crippen molar-refractivity contribution in [3.8, 4) is 0 Å². The standard InChI is InChI=1S/C14H19N3O2.ClH/c15-8-13(18)16-9-10-3-1-6-12(7-10)17-14(19)11-4-2-5-11;/h1,3,6-7,11H,2,4-5,8-9,15H2,(H,16,18)(H,17,19);1H. The fourth-order valence-electron chi connectivity index (χ4n) is 1.95. The van der Waals surface area contributed by atoms with E-state index in [1.807, 2.05) is 24.3 Å². The number of halogens is 1. The summed E-state index contributed by atoms with van der Waals surface area (Å²) in [4.78, 5) is 22.9. The molecular formula is C14H20ClN3O2. The second-order valence-electron chi connectivity index (χ2n) is 4.80. The lowest BCUT2D eigenvalue weighted by Gasteiger charge is -2.24. The fraction of sp³-hybridized carbons (Fsp3) is 0.429. The van der Waals surface area contributed by atoms with Gasteiger partial charge in [-0.25, -0.2) is 0 Å². The minimum atomic E-state index is -0.191. The fourth-order valence-corrected chi connectivity index (χ4v) is 1.95. The van der Waals surface area contributed by atoms with Gasteiger partial charge in [0.1, 0.15) is 0 Å². The first-order chi connectivity index (χ1) is 9.19. The Bertz CT molecular complexity index is 475. The molecular weight excluding hydrogens is 278 g/mol. The van der Waals surface area contributed by atoms with Gasteiger partial charge < -0.3 is 16.4 Å². The number of hydrogen-bond acceptors (Lipinski definition) is 3. The molecule has 1 saturated carbocycles. The third kappa shape index (κ3) is 4.51. The van der Waals surface area contributed by atoms with Gasteiger partial charge in [-0.3, -0.25) is 9.59 Å². The Morgan fingerprint density at radius 1 is 1.30 bits per heavy atom. The monoisotopic (exact) mass is 297 g/mol. The summed E-state index contributed by atoms with van der Waals surface area (Å²) in [5.74, 6) is 0.0684. The highest BCUT2D eigenvalue weighted by Gasteiger charge is 2.25. The second-order valence-corrected chi connectivity index (χ2v) is 4.80. The van der Waals surface area contributed by atoms with E-state index in [0.717, 1.165) is 30.5 Å². The van der Waals surface area contributed by atoms with Crippen LogP contribution in [0.3, 0.4) is 0 Å². The Kier molecular flexibility index (Phi) is 6.48. The van der Waals surface area contributed by atoms with Gasteiger partial charge in [0.15, 0.2) is 0 Å². The number of nitrogens with two attached hydrogens (primary N) is 1. The topological polar surface area (TPSA) is 84.2 Å². The lowest BCUT2D eigenvalue weighted by atomic mass is 9.85.